The van der Waals surface area contributed by atoms with E-state index in [4.69, 9.17) is 10.5 Å². The van der Waals surface area contributed by atoms with Gasteiger partial charge in [0.05, 0.1) is 5.60 Å². The van der Waals surface area contributed by atoms with Gasteiger partial charge in [0.1, 0.15) is 0 Å². The lowest BCUT2D eigenvalue weighted by atomic mass is 10.0. The van der Waals surface area contributed by atoms with E-state index in [0.717, 1.165) is 31.7 Å². The average molecular weight is 264 g/mol. The van der Waals surface area contributed by atoms with E-state index < -0.39 is 0 Å². The zero-order valence-corrected chi connectivity index (χ0v) is 12.8. The molecule has 0 spiro atoms. The van der Waals surface area contributed by atoms with E-state index in [0.29, 0.717) is 0 Å². The molecule has 1 aromatic carbocycles. The topological polar surface area (TPSA) is 38.5 Å². The summed E-state index contributed by atoms with van der Waals surface area (Å²) in [5.74, 6) is 0. The van der Waals surface area contributed by atoms with Crippen LogP contribution in [0.1, 0.15) is 39.2 Å². The number of ether oxygens (including phenoxy) is 1. The molecule has 0 aliphatic heterocycles. The van der Waals surface area contributed by atoms with Crippen molar-refractivity contribution < 1.29 is 4.74 Å². The maximum Gasteiger partial charge on any atom is 0.0634 e. The molecule has 19 heavy (non-hydrogen) atoms. The number of hydrogen-bond donors (Lipinski definition) is 1. The third kappa shape index (κ3) is 6.08. The first-order valence-corrected chi connectivity index (χ1v) is 7.09. The Labute approximate surface area is 117 Å². The number of benzene rings is 1. The van der Waals surface area contributed by atoms with E-state index in [1.54, 1.807) is 7.11 Å². The van der Waals surface area contributed by atoms with Crippen molar-refractivity contribution in [2.24, 2.45) is 0 Å². The van der Waals surface area contributed by atoms with Crippen molar-refractivity contribution in [1.29, 1.82) is 0 Å². The van der Waals surface area contributed by atoms with E-state index in [9.17, 15) is 0 Å². The smallest absolute Gasteiger partial charge is 0.0634 e. The van der Waals surface area contributed by atoms with Crippen LogP contribution in [0.25, 0.3) is 0 Å². The molecule has 3 nitrogen and oxygen atoms in total. The number of rotatable bonds is 8. The van der Waals surface area contributed by atoms with Gasteiger partial charge in [-0.3, -0.25) is 4.90 Å². The molecule has 0 aromatic heterocycles. The number of nitrogens with two attached hydrogens (primary N) is 1. The van der Waals surface area contributed by atoms with Gasteiger partial charge in [-0.15, -0.1) is 0 Å². The summed E-state index contributed by atoms with van der Waals surface area (Å²) in [5, 5.41) is 0. The summed E-state index contributed by atoms with van der Waals surface area (Å²) in [6, 6.07) is 8.16. The molecule has 0 amide bonds. The molecule has 1 aromatic rings. The average Bonchev–Trinajstić information content (AvgIpc) is 2.39. The third-order valence-electron chi connectivity index (χ3n) is 3.51. The lowest BCUT2D eigenvalue weighted by Gasteiger charge is -2.28. The van der Waals surface area contributed by atoms with Gasteiger partial charge in [-0.05, 0) is 50.9 Å². The normalized spacial score (nSPS) is 12.1. The molecular formula is C16H28N2O. The second kappa shape index (κ2) is 7.51. The van der Waals surface area contributed by atoms with E-state index in [2.05, 4.69) is 37.8 Å². The first kappa shape index (κ1) is 16.0. The van der Waals surface area contributed by atoms with Crippen LogP contribution in [0.2, 0.25) is 0 Å². The molecule has 0 saturated carbocycles. The lowest BCUT2D eigenvalue weighted by Crippen LogP contribution is -2.32. The van der Waals surface area contributed by atoms with Gasteiger partial charge in [-0.25, -0.2) is 0 Å². The fraction of sp³-hybridized carbons (Fsp3) is 0.625. The quantitative estimate of drug-likeness (QED) is 0.732. The summed E-state index contributed by atoms with van der Waals surface area (Å²) in [5.41, 5.74) is 7.81. The van der Waals surface area contributed by atoms with Crippen LogP contribution in [-0.4, -0.2) is 30.7 Å². The van der Waals surface area contributed by atoms with E-state index in [1.807, 2.05) is 12.1 Å². The summed E-state index contributed by atoms with van der Waals surface area (Å²) in [6.45, 7) is 9.65. The monoisotopic (exact) mass is 264 g/mol. The van der Waals surface area contributed by atoms with Gasteiger partial charge >= 0.3 is 0 Å². The number of anilines is 1. The fourth-order valence-electron chi connectivity index (χ4n) is 2.00. The molecule has 3 heteroatoms. The van der Waals surface area contributed by atoms with Crippen molar-refractivity contribution in [1.82, 2.24) is 4.90 Å². The number of nitrogen functional groups attached to an aromatic ring is 1. The molecule has 0 heterocycles. The highest BCUT2D eigenvalue weighted by Gasteiger charge is 2.17. The zero-order valence-electron chi connectivity index (χ0n) is 12.8. The van der Waals surface area contributed by atoms with E-state index in [-0.39, 0.29) is 5.60 Å². The molecule has 0 bridgehead atoms. The zero-order chi connectivity index (χ0) is 14.3. The highest BCUT2D eigenvalue weighted by molar-refractivity contribution is 5.39. The molecule has 0 radical (unpaired) electrons. The van der Waals surface area contributed by atoms with Crippen LogP contribution in [0.3, 0.4) is 0 Å². The first-order valence-electron chi connectivity index (χ1n) is 7.09. The summed E-state index contributed by atoms with van der Waals surface area (Å²) in [6.07, 6.45) is 2.21. The molecule has 0 unspecified atom stereocenters. The molecular weight excluding hydrogens is 236 g/mol. The Hall–Kier alpha value is -1.06. The minimum absolute atomic E-state index is 0.0485. The van der Waals surface area contributed by atoms with Crippen LogP contribution in [0.4, 0.5) is 5.69 Å². The number of methoxy groups -OCH3 is 1. The highest BCUT2D eigenvalue weighted by Crippen LogP contribution is 2.15. The van der Waals surface area contributed by atoms with Crippen molar-refractivity contribution in [3.8, 4) is 0 Å². The number of nitrogens with zero attached hydrogens (tertiary/aromatic N) is 1. The fourth-order valence-corrected chi connectivity index (χ4v) is 2.00. The maximum absolute atomic E-state index is 5.72. The Morgan fingerprint density at radius 2 is 1.79 bits per heavy atom. The Balaban J connectivity index is 2.55. The second-order valence-corrected chi connectivity index (χ2v) is 5.73. The van der Waals surface area contributed by atoms with Crippen molar-refractivity contribution in [3.05, 3.63) is 29.8 Å². The van der Waals surface area contributed by atoms with Crippen LogP contribution >= 0.6 is 0 Å². The molecule has 0 atom stereocenters. The van der Waals surface area contributed by atoms with Gasteiger partial charge in [-0.1, -0.05) is 19.1 Å². The molecule has 108 valence electrons. The standard InChI is InChI=1S/C16H28N2O/c1-5-11-18(12-10-16(2,3)19-4)13-14-6-8-15(17)9-7-14/h6-9H,5,10-13,17H2,1-4H3. The second-order valence-electron chi connectivity index (χ2n) is 5.73. The summed E-state index contributed by atoms with van der Waals surface area (Å²) >= 11 is 0. The minimum Gasteiger partial charge on any atom is -0.399 e. The Kier molecular flexibility index (Phi) is 6.32. The Bertz CT molecular complexity index is 360. The lowest BCUT2D eigenvalue weighted by molar-refractivity contribution is 0.00678. The summed E-state index contributed by atoms with van der Waals surface area (Å²) < 4.78 is 5.49. The largest absolute Gasteiger partial charge is 0.399 e. The van der Waals surface area contributed by atoms with Gasteiger partial charge in [0, 0.05) is 25.9 Å². The van der Waals surface area contributed by atoms with Crippen LogP contribution in [-0.2, 0) is 11.3 Å². The summed E-state index contributed by atoms with van der Waals surface area (Å²) in [7, 11) is 1.78. The molecule has 2 N–H and O–H groups in total. The van der Waals surface area contributed by atoms with Crippen LogP contribution < -0.4 is 5.73 Å². The van der Waals surface area contributed by atoms with Crippen LogP contribution in [0, 0.1) is 0 Å². The predicted molar refractivity (Wildman–Crippen MR) is 82.1 cm³/mol. The van der Waals surface area contributed by atoms with Gasteiger partial charge in [0.25, 0.3) is 0 Å². The Morgan fingerprint density at radius 3 is 2.32 bits per heavy atom. The molecule has 0 aliphatic rings. The van der Waals surface area contributed by atoms with Crippen molar-refractivity contribution in [3.63, 3.8) is 0 Å². The third-order valence-corrected chi connectivity index (χ3v) is 3.51. The van der Waals surface area contributed by atoms with Gasteiger partial charge in [0.2, 0.25) is 0 Å². The molecule has 0 aliphatic carbocycles. The number of hydrogen-bond acceptors (Lipinski definition) is 3. The van der Waals surface area contributed by atoms with Crippen molar-refractivity contribution in [2.75, 3.05) is 25.9 Å². The van der Waals surface area contributed by atoms with Gasteiger partial charge < -0.3 is 10.5 Å². The SMILES string of the molecule is CCCN(CCC(C)(C)OC)Cc1ccc(N)cc1. The summed E-state index contributed by atoms with van der Waals surface area (Å²) in [4.78, 5) is 2.48. The molecule has 0 saturated heterocycles. The van der Waals surface area contributed by atoms with Crippen molar-refractivity contribution in [2.45, 2.75) is 45.8 Å². The van der Waals surface area contributed by atoms with E-state index >= 15 is 0 Å². The van der Waals surface area contributed by atoms with E-state index in [1.165, 1.54) is 12.0 Å². The van der Waals surface area contributed by atoms with Gasteiger partial charge in [0.15, 0.2) is 0 Å². The molecule has 1 rings (SSSR count). The minimum atomic E-state index is -0.0485. The Morgan fingerprint density at radius 1 is 1.16 bits per heavy atom. The van der Waals surface area contributed by atoms with Crippen LogP contribution in [0.5, 0.6) is 0 Å². The first-order chi connectivity index (χ1) is 8.96. The molecule has 0 fully saturated rings. The van der Waals surface area contributed by atoms with Crippen LogP contribution in [0.15, 0.2) is 24.3 Å². The van der Waals surface area contributed by atoms with Crippen molar-refractivity contribution >= 4 is 5.69 Å². The predicted octanol–water partition coefficient (Wildman–Crippen LogP) is 3.30. The highest BCUT2D eigenvalue weighted by atomic mass is 16.5. The maximum atomic E-state index is 5.72. The van der Waals surface area contributed by atoms with Gasteiger partial charge in [-0.2, -0.15) is 0 Å².